The number of nitrogen functional groups attached to an aromatic ring is 1. The number of rotatable bonds is 4. The van der Waals surface area contributed by atoms with Gasteiger partial charge in [-0.25, -0.2) is 4.68 Å². The topological polar surface area (TPSA) is 78.8 Å². The van der Waals surface area contributed by atoms with E-state index in [2.05, 4.69) is 21.0 Å². The van der Waals surface area contributed by atoms with Crippen LogP contribution in [0.25, 0.3) is 11.0 Å². The molecule has 2 rings (SSSR count). The smallest absolute Gasteiger partial charge is 0.229 e. The number of unbranched alkanes of at least 4 members (excludes halogenated alkanes) is 1. The molecule has 0 fully saturated rings. The van der Waals surface area contributed by atoms with Crippen LogP contribution in [0.15, 0.2) is 6.20 Å². The molecule has 0 aliphatic heterocycles. The number of nitrogens with zero attached hydrogens (tertiary/aromatic N) is 4. The number of hydrogen-bond acceptors (Lipinski definition) is 5. The third-order valence-electron chi connectivity index (χ3n) is 2.36. The van der Waals surface area contributed by atoms with Gasteiger partial charge in [0.05, 0.1) is 13.3 Å². The first-order chi connectivity index (χ1) is 8.26. The minimum atomic E-state index is 0.174. The van der Waals surface area contributed by atoms with Crippen LogP contribution in [0.2, 0.25) is 0 Å². The molecule has 2 N–H and O–H groups in total. The van der Waals surface area contributed by atoms with Crippen molar-refractivity contribution in [2.75, 3.05) is 12.8 Å². The Bertz CT molecular complexity index is 569. The summed E-state index contributed by atoms with van der Waals surface area (Å²) in [6.45, 7) is 0.702. The monoisotopic (exact) mass is 231 g/mol. The normalized spacial score (nSPS) is 10.4. The largest absolute Gasteiger partial charge is 0.480 e. The van der Waals surface area contributed by atoms with E-state index < -0.39 is 0 Å². The average Bonchev–Trinajstić information content (AvgIpc) is 2.72. The quantitative estimate of drug-likeness (QED) is 0.622. The molecule has 2 heterocycles. The molecule has 6 heteroatoms. The van der Waals surface area contributed by atoms with Gasteiger partial charge in [0.2, 0.25) is 11.8 Å². The molecule has 0 aliphatic carbocycles. The number of methoxy groups -OCH3 is 1. The molecular formula is C11H13N5O. The lowest BCUT2D eigenvalue weighted by Gasteiger charge is -2.03. The van der Waals surface area contributed by atoms with E-state index in [9.17, 15) is 0 Å². The lowest BCUT2D eigenvalue weighted by molar-refractivity contribution is 0.403. The Morgan fingerprint density at radius 3 is 3.06 bits per heavy atom. The third-order valence-corrected chi connectivity index (χ3v) is 2.36. The summed E-state index contributed by atoms with van der Waals surface area (Å²) in [5.41, 5.74) is 6.28. The number of anilines is 1. The highest BCUT2D eigenvalue weighted by molar-refractivity contribution is 5.81. The molecule has 2 aromatic heterocycles. The molecule has 88 valence electrons. The minimum Gasteiger partial charge on any atom is -0.480 e. The van der Waals surface area contributed by atoms with Crippen LogP contribution < -0.4 is 10.5 Å². The van der Waals surface area contributed by atoms with E-state index in [1.54, 1.807) is 10.9 Å². The standard InChI is InChI=1S/C11H13N5O/c1-3-4-5-6-16-9-8(7-13-16)10(17-2)15-11(12)14-9/h1,7H,4-6H2,2H3,(H2,12,14,15). The second-order valence-electron chi connectivity index (χ2n) is 3.50. The summed E-state index contributed by atoms with van der Waals surface area (Å²) in [5, 5.41) is 4.98. The van der Waals surface area contributed by atoms with E-state index in [0.29, 0.717) is 24.5 Å². The molecule has 2 aromatic rings. The van der Waals surface area contributed by atoms with Crippen molar-refractivity contribution in [2.45, 2.75) is 19.4 Å². The van der Waals surface area contributed by atoms with Crippen molar-refractivity contribution in [3.05, 3.63) is 6.20 Å². The predicted molar refractivity (Wildman–Crippen MR) is 64.4 cm³/mol. The van der Waals surface area contributed by atoms with Gasteiger partial charge < -0.3 is 10.5 Å². The zero-order valence-electron chi connectivity index (χ0n) is 9.55. The Morgan fingerprint density at radius 1 is 1.53 bits per heavy atom. The number of nitrogens with two attached hydrogens (primary N) is 1. The fourth-order valence-corrected chi connectivity index (χ4v) is 1.60. The van der Waals surface area contributed by atoms with Crippen molar-refractivity contribution >= 4 is 17.0 Å². The summed E-state index contributed by atoms with van der Waals surface area (Å²) in [7, 11) is 1.54. The second kappa shape index (κ2) is 4.70. The molecule has 0 radical (unpaired) electrons. The van der Waals surface area contributed by atoms with Crippen LogP contribution in [0.3, 0.4) is 0 Å². The van der Waals surface area contributed by atoms with Gasteiger partial charge in [-0.1, -0.05) is 0 Å². The van der Waals surface area contributed by atoms with E-state index in [1.807, 2.05) is 0 Å². The SMILES string of the molecule is C#CCCCn1ncc2c(OC)nc(N)nc21. The van der Waals surface area contributed by atoms with Crippen LogP contribution in [0.4, 0.5) is 5.95 Å². The van der Waals surface area contributed by atoms with Crippen LogP contribution in [-0.2, 0) is 6.54 Å². The zero-order valence-corrected chi connectivity index (χ0v) is 9.55. The molecular weight excluding hydrogens is 218 g/mol. The van der Waals surface area contributed by atoms with Gasteiger partial charge in [0.25, 0.3) is 0 Å². The van der Waals surface area contributed by atoms with Crippen LogP contribution in [-0.4, -0.2) is 26.9 Å². The first-order valence-corrected chi connectivity index (χ1v) is 5.22. The minimum absolute atomic E-state index is 0.174. The Balaban J connectivity index is 2.39. The lowest BCUT2D eigenvalue weighted by Crippen LogP contribution is -2.04. The molecule has 6 nitrogen and oxygen atoms in total. The number of hydrogen-bond donors (Lipinski definition) is 1. The van der Waals surface area contributed by atoms with Gasteiger partial charge in [-0.05, 0) is 6.42 Å². The summed E-state index contributed by atoms with van der Waals surface area (Å²) >= 11 is 0. The Kier molecular flexibility index (Phi) is 3.10. The number of aryl methyl sites for hydroxylation is 1. The van der Waals surface area contributed by atoms with Gasteiger partial charge in [0.1, 0.15) is 5.39 Å². The van der Waals surface area contributed by atoms with E-state index in [1.165, 1.54) is 7.11 Å². The van der Waals surface area contributed by atoms with Crippen molar-refractivity contribution < 1.29 is 4.74 Å². The van der Waals surface area contributed by atoms with Gasteiger partial charge in [0, 0.05) is 13.0 Å². The first-order valence-electron chi connectivity index (χ1n) is 5.22. The lowest BCUT2D eigenvalue weighted by atomic mass is 10.3. The Labute approximate surface area is 98.8 Å². The number of terminal acetylenes is 1. The van der Waals surface area contributed by atoms with Crippen molar-refractivity contribution in [3.8, 4) is 18.2 Å². The Hall–Kier alpha value is -2.29. The third kappa shape index (κ3) is 2.13. The van der Waals surface area contributed by atoms with Gasteiger partial charge >= 0.3 is 0 Å². The highest BCUT2D eigenvalue weighted by Gasteiger charge is 2.11. The molecule has 0 atom stereocenters. The molecule has 0 aromatic carbocycles. The van der Waals surface area contributed by atoms with Gasteiger partial charge in [0.15, 0.2) is 5.65 Å². The molecule has 0 saturated carbocycles. The van der Waals surface area contributed by atoms with E-state index in [4.69, 9.17) is 16.9 Å². The Morgan fingerprint density at radius 2 is 2.35 bits per heavy atom. The summed E-state index contributed by atoms with van der Waals surface area (Å²) in [6.07, 6.45) is 8.43. The van der Waals surface area contributed by atoms with Crippen LogP contribution >= 0.6 is 0 Å². The molecule has 17 heavy (non-hydrogen) atoms. The summed E-state index contributed by atoms with van der Waals surface area (Å²) in [5.74, 6) is 3.20. The van der Waals surface area contributed by atoms with Gasteiger partial charge in [-0.2, -0.15) is 15.1 Å². The van der Waals surface area contributed by atoms with Gasteiger partial charge in [-0.15, -0.1) is 12.3 Å². The molecule has 0 aliphatic rings. The number of ether oxygens (including phenoxy) is 1. The number of fused-ring (bicyclic) bond motifs is 1. The maximum Gasteiger partial charge on any atom is 0.229 e. The molecule has 0 unspecified atom stereocenters. The summed E-state index contributed by atoms with van der Waals surface area (Å²) in [6, 6.07) is 0. The van der Waals surface area contributed by atoms with Crippen LogP contribution in [0.1, 0.15) is 12.8 Å². The van der Waals surface area contributed by atoms with E-state index in [-0.39, 0.29) is 5.95 Å². The highest BCUT2D eigenvalue weighted by atomic mass is 16.5. The second-order valence-corrected chi connectivity index (χ2v) is 3.50. The molecule has 0 saturated heterocycles. The zero-order chi connectivity index (χ0) is 12.3. The first kappa shape index (κ1) is 11.2. The average molecular weight is 231 g/mol. The van der Waals surface area contributed by atoms with Gasteiger partial charge in [-0.3, -0.25) is 0 Å². The molecule has 0 amide bonds. The molecule has 0 spiro atoms. The van der Waals surface area contributed by atoms with Crippen LogP contribution in [0, 0.1) is 12.3 Å². The van der Waals surface area contributed by atoms with Crippen molar-refractivity contribution in [1.29, 1.82) is 0 Å². The molecule has 0 bridgehead atoms. The van der Waals surface area contributed by atoms with E-state index in [0.717, 1.165) is 11.8 Å². The van der Waals surface area contributed by atoms with Crippen molar-refractivity contribution in [2.24, 2.45) is 0 Å². The fourth-order valence-electron chi connectivity index (χ4n) is 1.60. The summed E-state index contributed by atoms with van der Waals surface area (Å²) in [4.78, 5) is 8.15. The van der Waals surface area contributed by atoms with Crippen molar-refractivity contribution in [3.63, 3.8) is 0 Å². The fraction of sp³-hybridized carbons (Fsp3) is 0.364. The maximum absolute atomic E-state index is 5.61. The van der Waals surface area contributed by atoms with Crippen LogP contribution in [0.5, 0.6) is 5.88 Å². The van der Waals surface area contributed by atoms with Crippen molar-refractivity contribution in [1.82, 2.24) is 19.7 Å². The van der Waals surface area contributed by atoms with E-state index >= 15 is 0 Å². The summed E-state index contributed by atoms with van der Waals surface area (Å²) < 4.78 is 6.89. The predicted octanol–water partition coefficient (Wildman–Crippen LogP) is 0.831. The highest BCUT2D eigenvalue weighted by Crippen LogP contribution is 2.22. The maximum atomic E-state index is 5.61. The number of aromatic nitrogens is 4.